The van der Waals surface area contributed by atoms with E-state index >= 15 is 0 Å². The van der Waals surface area contributed by atoms with Crippen LogP contribution in [-0.2, 0) is 0 Å². The molecule has 0 unspecified atom stereocenters. The van der Waals surface area contributed by atoms with Gasteiger partial charge in [-0.1, -0.05) is 103 Å². The molecule has 3 nitrogen and oxygen atoms in total. The van der Waals surface area contributed by atoms with Crippen molar-refractivity contribution in [3.05, 3.63) is 121 Å². The van der Waals surface area contributed by atoms with Gasteiger partial charge in [0.1, 0.15) is 17.2 Å². The van der Waals surface area contributed by atoms with Crippen molar-refractivity contribution in [2.45, 2.75) is 0 Å². The predicted molar refractivity (Wildman–Crippen MR) is 130 cm³/mol. The number of hydrogen-bond donors (Lipinski definition) is 0. The fraction of sp³-hybridized carbons (Fsp3) is 0. The summed E-state index contributed by atoms with van der Waals surface area (Å²) < 4.78 is 8.52. The van der Waals surface area contributed by atoms with Gasteiger partial charge in [-0.05, 0) is 12.1 Å². The van der Waals surface area contributed by atoms with Crippen LogP contribution in [0.15, 0.2) is 126 Å². The normalized spacial score (nSPS) is 11.1. The Bertz CT molecular complexity index is 1500. The minimum absolute atomic E-state index is 0.834. The molecule has 6 aromatic rings. The Labute approximate surface area is 186 Å². The standard InChI is InChI=1S/C29H20N2O/c1-4-12-21(13-5-1)27-26(20-31(30-27)23-16-8-3-9-17-23)29-25-19-11-10-18-24(25)28(32-29)22-14-6-2-7-15-22/h1-20H. The summed E-state index contributed by atoms with van der Waals surface area (Å²) in [5.41, 5.74) is 4.99. The molecule has 0 aliphatic carbocycles. The summed E-state index contributed by atoms with van der Waals surface area (Å²) in [4.78, 5) is 0. The number of hydrogen-bond acceptors (Lipinski definition) is 2. The van der Waals surface area contributed by atoms with E-state index in [-0.39, 0.29) is 0 Å². The van der Waals surface area contributed by atoms with Gasteiger partial charge in [0.25, 0.3) is 0 Å². The zero-order chi connectivity index (χ0) is 21.3. The lowest BCUT2D eigenvalue weighted by molar-refractivity contribution is 0.602. The lowest BCUT2D eigenvalue weighted by Gasteiger charge is -2.01. The molecule has 0 radical (unpaired) electrons. The smallest absolute Gasteiger partial charge is 0.146 e. The van der Waals surface area contributed by atoms with Gasteiger partial charge in [0.15, 0.2) is 0 Å². The van der Waals surface area contributed by atoms with E-state index in [9.17, 15) is 0 Å². The van der Waals surface area contributed by atoms with Crippen molar-refractivity contribution in [1.29, 1.82) is 0 Å². The van der Waals surface area contributed by atoms with Crippen LogP contribution in [0.5, 0.6) is 0 Å². The number of aromatic nitrogens is 2. The Morgan fingerprint density at radius 3 is 1.72 bits per heavy atom. The lowest BCUT2D eigenvalue weighted by Crippen LogP contribution is -1.93. The second-order valence-electron chi connectivity index (χ2n) is 7.71. The first kappa shape index (κ1) is 18.4. The SMILES string of the molecule is c1ccc(-c2nn(-c3ccccc3)cc2-c2oc(-c3ccccc3)c3ccccc23)cc1. The fourth-order valence-corrected chi connectivity index (χ4v) is 4.16. The Hall–Kier alpha value is -4.37. The maximum atomic E-state index is 6.60. The Morgan fingerprint density at radius 1 is 0.531 bits per heavy atom. The lowest BCUT2D eigenvalue weighted by atomic mass is 10.0. The molecular weight excluding hydrogens is 392 g/mol. The highest BCUT2D eigenvalue weighted by molar-refractivity contribution is 6.04. The minimum atomic E-state index is 0.834. The van der Waals surface area contributed by atoms with Crippen LogP contribution in [0.25, 0.3) is 50.4 Å². The van der Waals surface area contributed by atoms with Gasteiger partial charge in [-0.3, -0.25) is 0 Å². The minimum Gasteiger partial charge on any atom is -0.455 e. The number of rotatable bonds is 4. The molecule has 0 N–H and O–H groups in total. The number of benzene rings is 4. The van der Waals surface area contributed by atoms with E-state index in [1.165, 1.54) is 0 Å². The summed E-state index contributed by atoms with van der Waals surface area (Å²) in [6, 6.07) is 39.1. The first-order valence-electron chi connectivity index (χ1n) is 10.7. The molecule has 0 saturated heterocycles. The predicted octanol–water partition coefficient (Wildman–Crippen LogP) is 7.62. The first-order valence-corrected chi connectivity index (χ1v) is 10.7. The van der Waals surface area contributed by atoms with Gasteiger partial charge in [0.05, 0.1) is 11.3 Å². The van der Waals surface area contributed by atoms with Gasteiger partial charge in [0.2, 0.25) is 0 Å². The van der Waals surface area contributed by atoms with E-state index in [4.69, 9.17) is 9.52 Å². The summed E-state index contributed by atoms with van der Waals surface area (Å²) in [5, 5.41) is 7.15. The van der Waals surface area contributed by atoms with Gasteiger partial charge < -0.3 is 4.42 Å². The molecule has 0 saturated carbocycles. The van der Waals surface area contributed by atoms with Crippen LogP contribution in [0.1, 0.15) is 0 Å². The summed E-state index contributed by atoms with van der Waals surface area (Å²) in [6.07, 6.45) is 2.07. The third kappa shape index (κ3) is 3.12. The molecule has 2 aromatic heterocycles. The highest BCUT2D eigenvalue weighted by Crippen LogP contribution is 2.42. The van der Waals surface area contributed by atoms with E-state index < -0.39 is 0 Å². The van der Waals surface area contributed by atoms with E-state index in [0.29, 0.717) is 0 Å². The Kier molecular flexibility index (Phi) is 4.43. The number of nitrogens with zero attached hydrogens (tertiary/aromatic N) is 2. The second kappa shape index (κ2) is 7.71. The van der Waals surface area contributed by atoms with Crippen molar-refractivity contribution in [2.24, 2.45) is 0 Å². The van der Waals surface area contributed by atoms with E-state index in [1.807, 2.05) is 59.3 Å². The van der Waals surface area contributed by atoms with Crippen LogP contribution in [0.4, 0.5) is 0 Å². The molecule has 0 spiro atoms. The zero-order valence-corrected chi connectivity index (χ0v) is 17.3. The maximum absolute atomic E-state index is 6.60. The van der Waals surface area contributed by atoms with Crippen molar-refractivity contribution in [1.82, 2.24) is 9.78 Å². The molecule has 6 rings (SSSR count). The summed E-state index contributed by atoms with van der Waals surface area (Å²) in [6.45, 7) is 0. The highest BCUT2D eigenvalue weighted by Gasteiger charge is 2.22. The van der Waals surface area contributed by atoms with Crippen molar-refractivity contribution in [3.8, 4) is 39.6 Å². The average Bonchev–Trinajstić information content (AvgIpc) is 3.48. The van der Waals surface area contributed by atoms with Crippen LogP contribution in [0.2, 0.25) is 0 Å². The fourth-order valence-electron chi connectivity index (χ4n) is 4.16. The largest absolute Gasteiger partial charge is 0.455 e. The van der Waals surface area contributed by atoms with Crippen LogP contribution < -0.4 is 0 Å². The topological polar surface area (TPSA) is 31.0 Å². The molecule has 0 amide bonds. The third-order valence-electron chi connectivity index (χ3n) is 5.68. The molecular formula is C29H20N2O. The van der Waals surface area contributed by atoms with Gasteiger partial charge in [0, 0.05) is 28.1 Å². The number of fused-ring (bicyclic) bond motifs is 1. The zero-order valence-electron chi connectivity index (χ0n) is 17.3. The van der Waals surface area contributed by atoms with Crippen LogP contribution in [-0.4, -0.2) is 9.78 Å². The molecule has 3 heteroatoms. The molecule has 0 aliphatic heterocycles. The van der Waals surface area contributed by atoms with Crippen molar-refractivity contribution < 1.29 is 4.42 Å². The van der Waals surface area contributed by atoms with Crippen molar-refractivity contribution in [2.75, 3.05) is 0 Å². The quantitative estimate of drug-likeness (QED) is 0.298. The van der Waals surface area contributed by atoms with Crippen LogP contribution in [0, 0.1) is 0 Å². The summed E-state index contributed by atoms with van der Waals surface area (Å²) in [7, 11) is 0. The molecule has 152 valence electrons. The Morgan fingerprint density at radius 2 is 1.06 bits per heavy atom. The molecule has 2 heterocycles. The van der Waals surface area contributed by atoms with E-state index in [2.05, 4.69) is 66.9 Å². The van der Waals surface area contributed by atoms with Crippen LogP contribution >= 0.6 is 0 Å². The maximum Gasteiger partial charge on any atom is 0.146 e. The molecule has 0 atom stereocenters. The van der Waals surface area contributed by atoms with Crippen molar-refractivity contribution >= 4 is 10.8 Å². The second-order valence-corrected chi connectivity index (χ2v) is 7.71. The average molecular weight is 412 g/mol. The van der Waals surface area contributed by atoms with Gasteiger partial charge in [-0.15, -0.1) is 0 Å². The van der Waals surface area contributed by atoms with E-state index in [0.717, 1.165) is 50.4 Å². The first-order chi connectivity index (χ1) is 15.9. The Balaban J connectivity index is 1.63. The molecule has 0 aliphatic rings. The van der Waals surface area contributed by atoms with Gasteiger partial charge in [-0.2, -0.15) is 5.10 Å². The number of para-hydroxylation sites is 1. The highest BCUT2D eigenvalue weighted by atomic mass is 16.3. The monoisotopic (exact) mass is 412 g/mol. The van der Waals surface area contributed by atoms with E-state index in [1.54, 1.807) is 0 Å². The van der Waals surface area contributed by atoms with Crippen LogP contribution in [0.3, 0.4) is 0 Å². The summed E-state index contributed by atoms with van der Waals surface area (Å²) in [5.74, 6) is 1.71. The molecule has 4 aromatic carbocycles. The molecule has 0 fully saturated rings. The van der Waals surface area contributed by atoms with Gasteiger partial charge >= 0.3 is 0 Å². The van der Waals surface area contributed by atoms with Crippen molar-refractivity contribution in [3.63, 3.8) is 0 Å². The third-order valence-corrected chi connectivity index (χ3v) is 5.68. The number of furan rings is 1. The van der Waals surface area contributed by atoms with Gasteiger partial charge in [-0.25, -0.2) is 4.68 Å². The summed E-state index contributed by atoms with van der Waals surface area (Å²) >= 11 is 0. The molecule has 32 heavy (non-hydrogen) atoms. The molecule has 0 bridgehead atoms.